The van der Waals surface area contributed by atoms with Gasteiger partial charge in [-0.1, -0.05) is 121 Å². The van der Waals surface area contributed by atoms with E-state index >= 15 is 0 Å². The number of hydrogen-bond donors (Lipinski definition) is 0. The summed E-state index contributed by atoms with van der Waals surface area (Å²) in [5.41, 5.74) is 12.5. The van der Waals surface area contributed by atoms with Crippen molar-refractivity contribution in [1.29, 1.82) is 0 Å². The van der Waals surface area contributed by atoms with E-state index in [-0.39, 0.29) is 11.8 Å². The van der Waals surface area contributed by atoms with E-state index < -0.39 is 0 Å². The Labute approximate surface area is 355 Å². The summed E-state index contributed by atoms with van der Waals surface area (Å²) in [5.74, 6) is -0.672. The summed E-state index contributed by atoms with van der Waals surface area (Å²) < 4.78 is 6.85. The Morgan fingerprint density at radius 2 is 0.710 bits per heavy atom. The molecule has 1 aliphatic heterocycles. The second-order valence-corrected chi connectivity index (χ2v) is 16.0. The summed E-state index contributed by atoms with van der Waals surface area (Å²) in [6.45, 7) is 0. The summed E-state index contributed by atoms with van der Waals surface area (Å²) in [4.78, 5) is 30.4. The quantitative estimate of drug-likeness (QED) is 0.163. The molecule has 0 atom stereocenters. The minimum Gasteiger partial charge on any atom is -0.309 e. The van der Waals surface area contributed by atoms with Crippen LogP contribution in [0.3, 0.4) is 0 Å². The van der Waals surface area contributed by atoms with Crippen LogP contribution in [-0.4, -0.2) is 25.5 Å². The molecule has 9 aromatic carbocycles. The van der Waals surface area contributed by atoms with Gasteiger partial charge in [-0.2, -0.15) is 0 Å². The number of hydrogen-bond acceptors (Lipinski definition) is 2. The van der Waals surface area contributed by atoms with Crippen LogP contribution < -0.4 is 4.90 Å². The number of carbonyl (C=O) groups is 2. The fourth-order valence-electron chi connectivity index (χ4n) is 10.1. The Kier molecular flexibility index (Phi) is 7.22. The zero-order valence-corrected chi connectivity index (χ0v) is 33.2. The summed E-state index contributed by atoms with van der Waals surface area (Å²) in [6, 6.07) is 70.8. The number of carbonyl (C=O) groups excluding carboxylic acids is 2. The third-order valence-electron chi connectivity index (χ3n) is 12.8. The molecule has 0 aliphatic carbocycles. The highest BCUT2D eigenvalue weighted by atomic mass is 16.2. The highest BCUT2D eigenvalue weighted by Crippen LogP contribution is 2.42. The van der Waals surface area contributed by atoms with Gasteiger partial charge < -0.3 is 13.7 Å². The molecule has 6 heteroatoms. The molecule has 0 saturated carbocycles. The van der Waals surface area contributed by atoms with Crippen molar-refractivity contribution in [3.05, 3.63) is 217 Å². The van der Waals surface area contributed by atoms with Crippen LogP contribution in [0, 0.1) is 0 Å². The fourth-order valence-corrected chi connectivity index (χ4v) is 10.1. The number of aromatic nitrogens is 3. The standard InChI is InChI=1S/C56H34N4O2/c61-55-44-19-12-24-53(54(44)56(62)59(55)37-27-25-36(26-28-37)35-13-2-1-3-14-35)60-51-31-29-38(57-47-20-8-4-15-40(47)41-16-5-9-21-48(41)57)33-45(51)46-34-39(30-32-52(46)60)58-49-22-10-6-17-42(49)43-18-7-11-23-50(43)58/h1-34H. The number of benzene rings is 9. The molecule has 3 aromatic heterocycles. The van der Waals surface area contributed by atoms with Crippen molar-refractivity contribution in [2.45, 2.75) is 0 Å². The molecule has 0 bridgehead atoms. The van der Waals surface area contributed by atoms with E-state index in [2.05, 4.69) is 147 Å². The molecule has 12 aromatic rings. The molecule has 0 unspecified atom stereocenters. The van der Waals surface area contributed by atoms with E-state index in [9.17, 15) is 9.59 Å². The van der Waals surface area contributed by atoms with Gasteiger partial charge in [-0.25, -0.2) is 4.90 Å². The minimum absolute atomic E-state index is 0.331. The molecule has 0 spiro atoms. The summed E-state index contributed by atoms with van der Waals surface area (Å²) >= 11 is 0. The first kappa shape index (κ1) is 34.4. The van der Waals surface area contributed by atoms with Gasteiger partial charge in [-0.15, -0.1) is 0 Å². The van der Waals surface area contributed by atoms with Crippen molar-refractivity contribution in [3.63, 3.8) is 0 Å². The smallest absolute Gasteiger partial charge is 0.268 e. The monoisotopic (exact) mass is 794 g/mol. The van der Waals surface area contributed by atoms with Crippen LogP contribution >= 0.6 is 0 Å². The van der Waals surface area contributed by atoms with Crippen LogP contribution in [0.5, 0.6) is 0 Å². The molecule has 4 heterocycles. The van der Waals surface area contributed by atoms with Gasteiger partial charge in [0.05, 0.1) is 55.6 Å². The van der Waals surface area contributed by atoms with E-state index in [1.54, 1.807) is 6.07 Å². The zero-order chi connectivity index (χ0) is 41.1. The maximum Gasteiger partial charge on any atom is 0.268 e. The number of amides is 2. The van der Waals surface area contributed by atoms with Crippen molar-refractivity contribution >= 4 is 82.9 Å². The first-order chi connectivity index (χ1) is 30.6. The minimum atomic E-state index is -0.341. The SMILES string of the molecule is O=C1c2cccc(-n3c4ccc(-n5c6ccccc6c6ccccc65)cc4c4cc(-n5c6ccccc6c6ccccc65)ccc43)c2C(=O)N1c1ccc(-c2ccccc2)cc1. The molecule has 290 valence electrons. The van der Waals surface area contributed by atoms with Crippen molar-refractivity contribution in [3.8, 4) is 28.2 Å². The van der Waals surface area contributed by atoms with Gasteiger partial charge in [0.1, 0.15) is 0 Å². The highest BCUT2D eigenvalue weighted by molar-refractivity contribution is 6.36. The molecule has 13 rings (SSSR count). The lowest BCUT2D eigenvalue weighted by Crippen LogP contribution is -2.29. The molecule has 62 heavy (non-hydrogen) atoms. The van der Waals surface area contributed by atoms with Crippen LogP contribution in [-0.2, 0) is 0 Å². The predicted molar refractivity (Wildman–Crippen MR) is 252 cm³/mol. The second-order valence-electron chi connectivity index (χ2n) is 16.0. The van der Waals surface area contributed by atoms with Crippen LogP contribution in [0.1, 0.15) is 20.7 Å². The van der Waals surface area contributed by atoms with Crippen LogP contribution in [0.15, 0.2) is 206 Å². The van der Waals surface area contributed by atoms with Gasteiger partial charge in [0.2, 0.25) is 0 Å². The lowest BCUT2D eigenvalue weighted by atomic mass is 10.1. The number of anilines is 1. The molecule has 0 N–H and O–H groups in total. The van der Waals surface area contributed by atoms with Gasteiger partial charge in [0, 0.05) is 43.7 Å². The van der Waals surface area contributed by atoms with Crippen molar-refractivity contribution in [1.82, 2.24) is 13.7 Å². The maximum atomic E-state index is 14.8. The maximum absolute atomic E-state index is 14.8. The Morgan fingerprint density at radius 3 is 1.21 bits per heavy atom. The van der Waals surface area contributed by atoms with E-state index in [1.807, 2.05) is 66.7 Å². The van der Waals surface area contributed by atoms with Gasteiger partial charge in [0.15, 0.2) is 0 Å². The first-order valence-electron chi connectivity index (χ1n) is 20.9. The van der Waals surface area contributed by atoms with Crippen LogP contribution in [0.4, 0.5) is 5.69 Å². The van der Waals surface area contributed by atoms with E-state index in [0.717, 1.165) is 66.4 Å². The third kappa shape index (κ3) is 4.80. The molecule has 0 radical (unpaired) electrons. The lowest BCUT2D eigenvalue weighted by molar-refractivity contribution is 0.0926. The summed E-state index contributed by atoms with van der Waals surface area (Å²) in [7, 11) is 0. The number of fused-ring (bicyclic) bond motifs is 10. The molecule has 2 amide bonds. The number of nitrogens with zero attached hydrogens (tertiary/aromatic N) is 4. The number of rotatable bonds is 5. The van der Waals surface area contributed by atoms with E-state index in [4.69, 9.17) is 0 Å². The largest absolute Gasteiger partial charge is 0.309 e. The molecule has 0 fully saturated rings. The zero-order valence-electron chi connectivity index (χ0n) is 33.2. The number of para-hydroxylation sites is 4. The average Bonchev–Trinajstić information content (AvgIpc) is 4.03. The fraction of sp³-hybridized carbons (Fsp3) is 0. The van der Waals surface area contributed by atoms with Crippen molar-refractivity contribution in [2.24, 2.45) is 0 Å². The van der Waals surface area contributed by atoms with Gasteiger partial charge in [0.25, 0.3) is 11.8 Å². The summed E-state index contributed by atoms with van der Waals surface area (Å²) in [5, 5.41) is 6.85. The van der Waals surface area contributed by atoms with Crippen LogP contribution in [0.2, 0.25) is 0 Å². The lowest BCUT2D eigenvalue weighted by Gasteiger charge is -2.15. The summed E-state index contributed by atoms with van der Waals surface area (Å²) in [6.07, 6.45) is 0. The third-order valence-corrected chi connectivity index (χ3v) is 12.8. The normalized spacial score (nSPS) is 12.9. The Morgan fingerprint density at radius 1 is 0.290 bits per heavy atom. The van der Waals surface area contributed by atoms with Gasteiger partial charge in [-0.3, -0.25) is 9.59 Å². The molecular formula is C56H34N4O2. The second kappa shape index (κ2) is 13.0. The predicted octanol–water partition coefficient (Wildman–Crippen LogP) is 13.4. The van der Waals surface area contributed by atoms with Crippen molar-refractivity contribution in [2.75, 3.05) is 4.90 Å². The van der Waals surface area contributed by atoms with E-state index in [1.165, 1.54) is 26.4 Å². The van der Waals surface area contributed by atoms with Gasteiger partial charge in [-0.05, 0) is 96.1 Å². The Balaban J connectivity index is 1.04. The molecule has 1 aliphatic rings. The highest BCUT2D eigenvalue weighted by Gasteiger charge is 2.39. The Bertz CT molecular complexity index is 3570. The van der Waals surface area contributed by atoms with Crippen molar-refractivity contribution < 1.29 is 9.59 Å². The first-order valence-corrected chi connectivity index (χ1v) is 20.9. The molecular weight excluding hydrogens is 761 g/mol. The molecule has 0 saturated heterocycles. The number of imide groups is 1. The Hall–Kier alpha value is -8.48. The average molecular weight is 795 g/mol. The molecule has 6 nitrogen and oxygen atoms in total. The van der Waals surface area contributed by atoms with E-state index in [0.29, 0.717) is 22.5 Å². The topological polar surface area (TPSA) is 52.2 Å². The van der Waals surface area contributed by atoms with Gasteiger partial charge >= 0.3 is 0 Å². The van der Waals surface area contributed by atoms with Crippen LogP contribution in [0.25, 0.3) is 93.6 Å².